The molecule has 2 aliphatic carbocycles. The summed E-state index contributed by atoms with van der Waals surface area (Å²) in [5.41, 5.74) is 3.12. The van der Waals surface area contributed by atoms with E-state index in [4.69, 9.17) is 9.47 Å². The van der Waals surface area contributed by atoms with Crippen LogP contribution in [-0.4, -0.2) is 29.4 Å². The molecule has 0 aromatic carbocycles. The second kappa shape index (κ2) is 9.54. The van der Waals surface area contributed by atoms with Gasteiger partial charge in [-0.15, -0.1) is 6.58 Å². The minimum Gasteiger partial charge on any atom is -0.458 e. The first-order valence-corrected chi connectivity index (χ1v) is 12.1. The van der Waals surface area contributed by atoms with Crippen LogP contribution in [0.2, 0.25) is 0 Å². The second-order valence-electron chi connectivity index (χ2n) is 10.8. The molecule has 5 nitrogen and oxygen atoms in total. The molecule has 3 aliphatic rings. The van der Waals surface area contributed by atoms with E-state index >= 15 is 0 Å². The van der Waals surface area contributed by atoms with Crippen LogP contribution < -0.4 is 0 Å². The molecule has 1 unspecified atom stereocenters. The number of hydrogen-bond acceptors (Lipinski definition) is 5. The van der Waals surface area contributed by atoms with Gasteiger partial charge in [-0.3, -0.25) is 4.79 Å². The van der Waals surface area contributed by atoms with Crippen molar-refractivity contribution in [1.82, 2.24) is 0 Å². The van der Waals surface area contributed by atoms with E-state index in [1.807, 2.05) is 0 Å². The SMILES string of the molecule is C=C(C)CCC[C@@]1(C)CCC=C2[C@@H]1CC[C@@H](C)[C@]2(C)C[C@H](OC(C)=O)C1=CC(=O)OC1O. The fourth-order valence-corrected chi connectivity index (χ4v) is 6.30. The monoisotopic (exact) mass is 444 g/mol. The molecule has 0 aromatic rings. The molecule has 0 saturated heterocycles. The number of aliphatic hydroxyl groups is 1. The molecule has 0 bridgehead atoms. The zero-order valence-electron chi connectivity index (χ0n) is 20.4. The maximum Gasteiger partial charge on any atom is 0.333 e. The molecule has 32 heavy (non-hydrogen) atoms. The number of carbonyl (C=O) groups is 2. The molecule has 0 radical (unpaired) electrons. The molecular formula is C27H40O5. The van der Waals surface area contributed by atoms with E-state index in [9.17, 15) is 14.7 Å². The second-order valence-corrected chi connectivity index (χ2v) is 10.8. The third kappa shape index (κ3) is 5.03. The van der Waals surface area contributed by atoms with Crippen molar-refractivity contribution in [3.63, 3.8) is 0 Å². The van der Waals surface area contributed by atoms with E-state index < -0.39 is 24.3 Å². The molecule has 6 atom stereocenters. The van der Waals surface area contributed by atoms with Crippen molar-refractivity contribution in [3.8, 4) is 0 Å². The lowest BCUT2D eigenvalue weighted by Crippen LogP contribution is -2.46. The summed E-state index contributed by atoms with van der Waals surface area (Å²) >= 11 is 0. The highest BCUT2D eigenvalue weighted by molar-refractivity contribution is 5.86. The van der Waals surface area contributed by atoms with Crippen LogP contribution in [-0.2, 0) is 19.1 Å². The molecule has 0 amide bonds. The standard InChI is InChI=1S/C27H40O5/c1-17(2)9-7-13-26(5)14-8-10-22-21(26)12-11-18(3)27(22,6)16-23(31-19(4)28)20-15-24(29)32-25(20)30/h10,15,18,21,23,25,30H,1,7-9,11-14,16H2,2-6H3/t18-,21+,23+,25?,26+,27+/m1/s1. The Kier molecular flexibility index (Phi) is 7.38. The summed E-state index contributed by atoms with van der Waals surface area (Å²) in [6.45, 7) is 14.5. The highest BCUT2D eigenvalue weighted by Gasteiger charge is 2.51. The Bertz CT molecular complexity index is 824. The van der Waals surface area contributed by atoms with Gasteiger partial charge in [0.2, 0.25) is 6.29 Å². The molecule has 178 valence electrons. The van der Waals surface area contributed by atoms with Gasteiger partial charge in [-0.2, -0.15) is 0 Å². The largest absolute Gasteiger partial charge is 0.458 e. The number of fused-ring (bicyclic) bond motifs is 1. The van der Waals surface area contributed by atoms with Gasteiger partial charge in [0.05, 0.1) is 0 Å². The van der Waals surface area contributed by atoms with Crippen LogP contribution in [0.5, 0.6) is 0 Å². The summed E-state index contributed by atoms with van der Waals surface area (Å²) in [6, 6.07) is 0. The van der Waals surface area contributed by atoms with Gasteiger partial charge in [-0.25, -0.2) is 4.79 Å². The Labute approximate surface area is 192 Å². The van der Waals surface area contributed by atoms with E-state index in [2.05, 4.69) is 40.3 Å². The molecule has 5 heteroatoms. The quantitative estimate of drug-likeness (QED) is 0.388. The van der Waals surface area contributed by atoms with Gasteiger partial charge in [0.25, 0.3) is 0 Å². The molecule has 0 spiro atoms. The zero-order chi connectivity index (χ0) is 23.7. The van der Waals surface area contributed by atoms with Crippen LogP contribution in [0.3, 0.4) is 0 Å². The molecule has 3 rings (SSSR count). The number of cyclic esters (lactones) is 1. The minimum absolute atomic E-state index is 0.189. The molecule has 1 aliphatic heterocycles. The molecule has 0 aromatic heterocycles. The van der Waals surface area contributed by atoms with E-state index in [-0.39, 0.29) is 10.8 Å². The highest BCUT2D eigenvalue weighted by Crippen LogP contribution is 2.60. The Morgan fingerprint density at radius 2 is 2.06 bits per heavy atom. The van der Waals surface area contributed by atoms with Crippen LogP contribution in [0.25, 0.3) is 0 Å². The topological polar surface area (TPSA) is 72.8 Å². The molecule has 1 heterocycles. The fraction of sp³-hybridized carbons (Fsp3) is 0.704. The summed E-state index contributed by atoms with van der Waals surface area (Å²) in [5.74, 6) is -0.114. The van der Waals surface area contributed by atoms with Crippen molar-refractivity contribution in [2.24, 2.45) is 22.7 Å². The predicted octanol–water partition coefficient (Wildman–Crippen LogP) is 5.64. The van der Waals surface area contributed by atoms with Gasteiger partial charge in [0.15, 0.2) is 0 Å². The van der Waals surface area contributed by atoms with Crippen molar-refractivity contribution in [2.45, 2.75) is 98.4 Å². The number of ether oxygens (including phenoxy) is 2. The van der Waals surface area contributed by atoms with Crippen molar-refractivity contribution in [1.29, 1.82) is 0 Å². The summed E-state index contributed by atoms with van der Waals surface area (Å²) in [7, 11) is 0. The smallest absolute Gasteiger partial charge is 0.333 e. The van der Waals surface area contributed by atoms with E-state index in [1.165, 1.54) is 43.4 Å². The number of esters is 2. The van der Waals surface area contributed by atoms with Gasteiger partial charge in [-0.05, 0) is 81.0 Å². The van der Waals surface area contributed by atoms with Gasteiger partial charge in [-0.1, -0.05) is 38.0 Å². The normalized spacial score (nSPS) is 35.3. The zero-order valence-corrected chi connectivity index (χ0v) is 20.4. The average Bonchev–Trinajstić information content (AvgIpc) is 3.02. The van der Waals surface area contributed by atoms with Crippen molar-refractivity contribution in [3.05, 3.63) is 35.5 Å². The first-order valence-electron chi connectivity index (χ1n) is 12.1. The first kappa shape index (κ1) is 24.8. The number of aliphatic hydroxyl groups excluding tert-OH is 1. The summed E-state index contributed by atoms with van der Waals surface area (Å²) in [5, 5.41) is 10.3. The Morgan fingerprint density at radius 3 is 2.66 bits per heavy atom. The third-order valence-corrected chi connectivity index (χ3v) is 8.37. The summed E-state index contributed by atoms with van der Waals surface area (Å²) in [4.78, 5) is 23.6. The average molecular weight is 445 g/mol. The molecule has 1 fully saturated rings. The number of hydrogen-bond donors (Lipinski definition) is 1. The maximum atomic E-state index is 11.9. The Balaban J connectivity index is 1.89. The van der Waals surface area contributed by atoms with Crippen LogP contribution in [0, 0.1) is 22.7 Å². The van der Waals surface area contributed by atoms with Crippen molar-refractivity contribution in [2.75, 3.05) is 0 Å². The Morgan fingerprint density at radius 1 is 1.34 bits per heavy atom. The lowest BCUT2D eigenvalue weighted by molar-refractivity contribution is -0.154. The number of carbonyl (C=O) groups excluding carboxylic acids is 2. The van der Waals surface area contributed by atoms with E-state index in [0.29, 0.717) is 23.8 Å². The minimum atomic E-state index is -1.35. The first-order chi connectivity index (χ1) is 15.0. The lowest BCUT2D eigenvalue weighted by Gasteiger charge is -2.54. The molecule has 1 N–H and O–H groups in total. The van der Waals surface area contributed by atoms with Gasteiger partial charge in [0, 0.05) is 18.6 Å². The highest BCUT2D eigenvalue weighted by atomic mass is 16.6. The predicted molar refractivity (Wildman–Crippen MR) is 124 cm³/mol. The lowest BCUT2D eigenvalue weighted by atomic mass is 9.50. The molecular weight excluding hydrogens is 404 g/mol. The van der Waals surface area contributed by atoms with E-state index in [0.717, 1.165) is 25.7 Å². The Hall–Kier alpha value is -1.88. The third-order valence-electron chi connectivity index (χ3n) is 8.37. The number of rotatable bonds is 8. The van der Waals surface area contributed by atoms with E-state index in [1.54, 1.807) is 0 Å². The maximum absolute atomic E-state index is 11.9. The van der Waals surface area contributed by atoms with Crippen molar-refractivity contribution >= 4 is 11.9 Å². The fourth-order valence-electron chi connectivity index (χ4n) is 6.30. The van der Waals surface area contributed by atoms with Crippen molar-refractivity contribution < 1.29 is 24.2 Å². The molecule has 1 saturated carbocycles. The van der Waals surface area contributed by atoms with Crippen LogP contribution in [0.15, 0.2) is 35.5 Å². The van der Waals surface area contributed by atoms with Gasteiger partial charge < -0.3 is 14.6 Å². The summed E-state index contributed by atoms with van der Waals surface area (Å²) < 4.78 is 10.6. The van der Waals surface area contributed by atoms with Gasteiger partial charge >= 0.3 is 11.9 Å². The number of allylic oxidation sites excluding steroid dienone is 3. The van der Waals surface area contributed by atoms with Gasteiger partial charge in [0.1, 0.15) is 6.10 Å². The van der Waals surface area contributed by atoms with Crippen LogP contribution in [0.1, 0.15) is 86.0 Å². The summed E-state index contributed by atoms with van der Waals surface area (Å²) in [6.07, 6.45) is 10.2. The van der Waals surface area contributed by atoms with Crippen LogP contribution in [0.4, 0.5) is 0 Å². The van der Waals surface area contributed by atoms with Crippen LogP contribution >= 0.6 is 0 Å².